The van der Waals surface area contributed by atoms with Crippen LogP contribution >= 0.6 is 11.3 Å². The largest absolute Gasteiger partial charge is 0.332 e. The quantitative estimate of drug-likeness (QED) is 0.641. The number of piperidine rings is 1. The molecular weight excluding hydrogens is 440 g/mol. The van der Waals surface area contributed by atoms with E-state index in [9.17, 15) is 19.2 Å². The molecule has 4 amide bonds. The minimum atomic E-state index is -1.35. The van der Waals surface area contributed by atoms with Gasteiger partial charge in [-0.2, -0.15) is 0 Å². The molecule has 2 saturated heterocycles. The molecule has 33 heavy (non-hydrogen) atoms. The van der Waals surface area contributed by atoms with Gasteiger partial charge in [0, 0.05) is 74.1 Å². The summed E-state index contributed by atoms with van der Waals surface area (Å²) in [5.41, 5.74) is -0.298. The van der Waals surface area contributed by atoms with Crippen molar-refractivity contribution < 1.29 is 14.4 Å². The lowest BCUT2D eigenvalue weighted by Gasteiger charge is -2.48. The van der Waals surface area contributed by atoms with Crippen molar-refractivity contribution in [3.63, 3.8) is 0 Å². The molecule has 0 unspecified atom stereocenters. The summed E-state index contributed by atoms with van der Waals surface area (Å²) in [5, 5.41) is 0. The van der Waals surface area contributed by atoms with Crippen LogP contribution in [0.4, 0.5) is 4.79 Å². The number of pyridine rings is 1. The number of thiophene rings is 1. The molecule has 9 heteroatoms. The van der Waals surface area contributed by atoms with E-state index in [4.69, 9.17) is 0 Å². The molecule has 8 nitrogen and oxygen atoms in total. The zero-order valence-corrected chi connectivity index (χ0v) is 19.9. The number of nitrogens with zero attached hydrogens (tertiary/aromatic N) is 4. The summed E-state index contributed by atoms with van der Waals surface area (Å²) in [7, 11) is 2.91. The predicted octanol–water partition coefficient (Wildman–Crippen LogP) is 1.92. The molecule has 0 saturated carbocycles. The molecule has 5 rings (SSSR count). The minimum absolute atomic E-state index is 0.0274. The summed E-state index contributed by atoms with van der Waals surface area (Å²) < 4.78 is 1.87. The number of likely N-dealkylation sites (tertiary alicyclic amines) is 1. The van der Waals surface area contributed by atoms with Crippen molar-refractivity contribution in [3.05, 3.63) is 56.1 Å². The predicted molar refractivity (Wildman–Crippen MR) is 124 cm³/mol. The van der Waals surface area contributed by atoms with Gasteiger partial charge in [-0.1, -0.05) is 6.07 Å². The third kappa shape index (κ3) is 3.54. The highest BCUT2D eigenvalue weighted by atomic mass is 32.1. The molecule has 0 N–H and O–H groups in total. The molecule has 2 fully saturated rings. The molecule has 0 spiro atoms. The van der Waals surface area contributed by atoms with Crippen molar-refractivity contribution in [2.45, 2.75) is 32.2 Å². The normalized spacial score (nSPS) is 24.9. The first-order valence-electron chi connectivity index (χ1n) is 11.3. The number of fused-ring (bicyclic) bond motifs is 4. The van der Waals surface area contributed by atoms with Crippen molar-refractivity contribution in [2.75, 3.05) is 33.7 Å². The smallest absolute Gasteiger partial charge is 0.312 e. The van der Waals surface area contributed by atoms with Crippen molar-refractivity contribution in [3.8, 4) is 0 Å². The third-order valence-electron chi connectivity index (χ3n) is 7.32. The molecule has 0 aliphatic carbocycles. The van der Waals surface area contributed by atoms with Gasteiger partial charge in [0.05, 0.1) is 0 Å². The molecule has 2 bridgehead atoms. The second-order valence-corrected chi connectivity index (χ2v) is 11.0. The van der Waals surface area contributed by atoms with Crippen molar-refractivity contribution in [1.82, 2.24) is 19.3 Å². The van der Waals surface area contributed by atoms with Gasteiger partial charge in [0.25, 0.3) is 5.56 Å². The Morgan fingerprint density at radius 2 is 1.70 bits per heavy atom. The Balaban J connectivity index is 1.50. The number of amides is 4. The van der Waals surface area contributed by atoms with E-state index in [0.29, 0.717) is 19.6 Å². The van der Waals surface area contributed by atoms with E-state index >= 15 is 0 Å². The molecule has 2 atom stereocenters. The fourth-order valence-corrected chi connectivity index (χ4v) is 6.86. The number of carbonyl (C=O) groups is 3. The van der Waals surface area contributed by atoms with E-state index in [1.54, 1.807) is 23.5 Å². The van der Waals surface area contributed by atoms with Crippen LogP contribution in [0.15, 0.2) is 35.1 Å². The van der Waals surface area contributed by atoms with Crippen LogP contribution in [0.5, 0.6) is 0 Å². The van der Waals surface area contributed by atoms with Crippen LogP contribution in [0.3, 0.4) is 0 Å². The zero-order chi connectivity index (χ0) is 23.5. The van der Waals surface area contributed by atoms with Crippen LogP contribution < -0.4 is 5.56 Å². The summed E-state index contributed by atoms with van der Waals surface area (Å²) >= 11 is 1.58. The molecule has 0 radical (unpaired) electrons. The zero-order valence-electron chi connectivity index (χ0n) is 19.1. The number of hydrogen-bond acceptors (Lipinski definition) is 6. The maximum atomic E-state index is 13.6. The van der Waals surface area contributed by atoms with Crippen LogP contribution in [0.25, 0.3) is 0 Å². The first kappa shape index (κ1) is 22.0. The van der Waals surface area contributed by atoms with Gasteiger partial charge in [0.1, 0.15) is 5.41 Å². The lowest BCUT2D eigenvalue weighted by molar-refractivity contribution is -0.159. The highest BCUT2D eigenvalue weighted by Gasteiger charge is 2.56. The SMILES string of the molecule is Cc1ccc(CC2(CN3C[C@H]4C[C@H](C3)c3cccc(=O)n3C4)C(=O)N(C)C(=O)N(C)C2=O)s1. The van der Waals surface area contributed by atoms with Gasteiger partial charge < -0.3 is 9.47 Å². The maximum Gasteiger partial charge on any atom is 0.332 e. The van der Waals surface area contributed by atoms with Crippen LogP contribution in [0.1, 0.15) is 27.8 Å². The molecule has 3 aliphatic rings. The van der Waals surface area contributed by atoms with E-state index in [1.807, 2.05) is 29.7 Å². The summed E-state index contributed by atoms with van der Waals surface area (Å²) in [6, 6.07) is 8.77. The first-order chi connectivity index (χ1) is 15.7. The Bertz CT molecular complexity index is 1180. The van der Waals surface area contributed by atoms with E-state index in [1.165, 1.54) is 14.1 Å². The number of aromatic nitrogens is 1. The van der Waals surface area contributed by atoms with E-state index in [0.717, 1.165) is 31.7 Å². The Morgan fingerprint density at radius 3 is 2.36 bits per heavy atom. The highest BCUT2D eigenvalue weighted by molar-refractivity contribution is 7.11. The van der Waals surface area contributed by atoms with Crippen LogP contribution in [0.2, 0.25) is 0 Å². The van der Waals surface area contributed by atoms with Crippen molar-refractivity contribution >= 4 is 29.2 Å². The van der Waals surface area contributed by atoms with Gasteiger partial charge in [-0.25, -0.2) is 4.79 Å². The number of urea groups is 1. The van der Waals surface area contributed by atoms with E-state index in [-0.39, 0.29) is 30.4 Å². The van der Waals surface area contributed by atoms with Gasteiger partial charge in [-0.15, -0.1) is 11.3 Å². The average Bonchev–Trinajstić information content (AvgIpc) is 3.20. The standard InChI is InChI=1S/C24H28N4O4S/c1-15-7-8-18(33-15)10-24(21(30)25(2)23(32)26(3)22(24)31)14-27-11-16-9-17(13-27)19-5-4-6-20(29)28(19)12-16/h4-8,16-17H,9-14H2,1-3H3/t16-,17-/m1/s1. The average molecular weight is 469 g/mol. The maximum absolute atomic E-state index is 13.6. The monoisotopic (exact) mass is 468 g/mol. The summed E-state index contributed by atoms with van der Waals surface area (Å²) in [6.07, 6.45) is 1.27. The van der Waals surface area contributed by atoms with Gasteiger partial charge in [0.2, 0.25) is 11.8 Å². The summed E-state index contributed by atoms with van der Waals surface area (Å²) in [4.78, 5) is 58.4. The molecule has 2 aromatic heterocycles. The number of hydrogen-bond donors (Lipinski definition) is 0. The van der Waals surface area contributed by atoms with Crippen LogP contribution in [0, 0.1) is 18.3 Å². The molecule has 0 aromatic carbocycles. The fraction of sp³-hybridized carbons (Fsp3) is 0.500. The Morgan fingerprint density at radius 1 is 0.970 bits per heavy atom. The highest BCUT2D eigenvalue weighted by Crippen LogP contribution is 2.39. The van der Waals surface area contributed by atoms with E-state index in [2.05, 4.69) is 4.90 Å². The second-order valence-electron chi connectivity index (χ2n) is 9.67. The third-order valence-corrected chi connectivity index (χ3v) is 8.32. The molecular formula is C24H28N4O4S. The molecule has 3 aliphatic heterocycles. The Kier molecular flexibility index (Phi) is 5.29. The lowest BCUT2D eigenvalue weighted by Crippen LogP contribution is -2.67. The van der Waals surface area contributed by atoms with Crippen LogP contribution in [-0.4, -0.2) is 70.8 Å². The minimum Gasteiger partial charge on any atom is -0.312 e. The van der Waals surface area contributed by atoms with Gasteiger partial charge >= 0.3 is 6.03 Å². The van der Waals surface area contributed by atoms with Crippen LogP contribution in [-0.2, 0) is 22.6 Å². The summed E-state index contributed by atoms with van der Waals surface area (Å²) in [6.45, 7) is 4.29. The van der Waals surface area contributed by atoms with Gasteiger partial charge in [0.15, 0.2) is 0 Å². The number of aryl methyl sites for hydroxylation is 1. The number of rotatable bonds is 4. The van der Waals surface area contributed by atoms with E-state index < -0.39 is 23.3 Å². The summed E-state index contributed by atoms with van der Waals surface area (Å²) in [5.74, 6) is -0.412. The van der Waals surface area contributed by atoms with Gasteiger partial charge in [-0.05, 0) is 37.5 Å². The number of carbonyl (C=O) groups excluding carboxylic acids is 3. The van der Waals surface area contributed by atoms with Crippen molar-refractivity contribution in [1.29, 1.82) is 0 Å². The first-order valence-corrected chi connectivity index (χ1v) is 12.1. The molecule has 174 valence electrons. The molecule has 5 heterocycles. The number of barbiturate groups is 1. The number of imide groups is 2. The molecule has 2 aromatic rings. The topological polar surface area (TPSA) is 82.9 Å². The lowest BCUT2D eigenvalue weighted by atomic mass is 9.76. The second kappa shape index (κ2) is 7.92. The fourth-order valence-electron chi connectivity index (χ4n) is 5.86. The van der Waals surface area contributed by atoms with Crippen molar-refractivity contribution in [2.24, 2.45) is 11.3 Å². The Labute approximate surface area is 196 Å². The Hall–Kier alpha value is -2.78. The van der Waals surface area contributed by atoms with Gasteiger partial charge in [-0.3, -0.25) is 24.2 Å².